The number of nitrogen functional groups attached to an aromatic ring is 1. The van der Waals surface area contributed by atoms with Crippen LogP contribution >= 0.6 is 0 Å². The van der Waals surface area contributed by atoms with Crippen molar-refractivity contribution in [3.05, 3.63) is 17.5 Å². The topological polar surface area (TPSA) is 77.0 Å². The Hall–Kier alpha value is -1.62. The second kappa shape index (κ2) is 2.93. The Kier molecular flexibility index (Phi) is 1.70. The van der Waals surface area contributed by atoms with E-state index in [1.54, 1.807) is 0 Å². The molecule has 3 N–H and O–H groups in total. The summed E-state index contributed by atoms with van der Waals surface area (Å²) in [6, 6.07) is 1.99. The Morgan fingerprint density at radius 1 is 1.53 bits per heavy atom. The monoisotopic (exact) mass is 204 g/mol. The van der Waals surface area contributed by atoms with Gasteiger partial charge < -0.3 is 9.95 Å². The average molecular weight is 204 g/mol. The summed E-state index contributed by atoms with van der Waals surface area (Å²) in [6.45, 7) is 1.88. The van der Waals surface area contributed by atoms with E-state index in [0.717, 1.165) is 22.5 Å². The van der Waals surface area contributed by atoms with Gasteiger partial charge in [-0.15, -0.1) is 0 Å². The Morgan fingerprint density at radius 2 is 2.33 bits per heavy atom. The minimum Gasteiger partial charge on any atom is -0.335 e. The molecule has 1 aliphatic rings. The van der Waals surface area contributed by atoms with Gasteiger partial charge in [0.25, 0.3) is 5.71 Å². The molecular weight excluding hydrogens is 192 g/mol. The molecule has 0 bridgehead atoms. The lowest BCUT2D eigenvalue weighted by molar-refractivity contribution is 0.442. The molecule has 1 saturated carbocycles. The van der Waals surface area contributed by atoms with Crippen LogP contribution in [0.1, 0.15) is 30.1 Å². The zero-order valence-corrected chi connectivity index (χ0v) is 8.45. The summed E-state index contributed by atoms with van der Waals surface area (Å²) in [5.74, 6) is 6.06. The number of fused-ring (bicyclic) bond motifs is 1. The van der Waals surface area contributed by atoms with Gasteiger partial charge >= 0.3 is 0 Å². The van der Waals surface area contributed by atoms with Gasteiger partial charge in [0.2, 0.25) is 0 Å². The molecule has 5 nitrogen and oxygen atoms in total. The Bertz CT molecular complexity index is 515. The number of nitrogens with zero attached hydrogens (tertiary/aromatic N) is 2. The van der Waals surface area contributed by atoms with Crippen molar-refractivity contribution in [1.29, 1.82) is 0 Å². The zero-order valence-electron chi connectivity index (χ0n) is 8.45. The van der Waals surface area contributed by atoms with Crippen molar-refractivity contribution in [3.8, 4) is 0 Å². The molecule has 0 radical (unpaired) electrons. The normalized spacial score (nSPS) is 15.9. The van der Waals surface area contributed by atoms with Crippen molar-refractivity contribution in [2.45, 2.75) is 25.7 Å². The van der Waals surface area contributed by atoms with Crippen LogP contribution in [0.5, 0.6) is 0 Å². The van der Waals surface area contributed by atoms with E-state index in [2.05, 4.69) is 15.6 Å². The van der Waals surface area contributed by atoms with Crippen molar-refractivity contribution < 1.29 is 4.52 Å². The summed E-state index contributed by atoms with van der Waals surface area (Å²) < 4.78 is 5.15. The van der Waals surface area contributed by atoms with Gasteiger partial charge in [0, 0.05) is 11.6 Å². The predicted molar refractivity (Wildman–Crippen MR) is 56.3 cm³/mol. The quantitative estimate of drug-likeness (QED) is 0.575. The first-order valence-electron chi connectivity index (χ1n) is 5.03. The number of hydrogen-bond donors (Lipinski definition) is 2. The van der Waals surface area contributed by atoms with Gasteiger partial charge in [0.05, 0.1) is 16.8 Å². The number of pyridine rings is 1. The third-order valence-corrected chi connectivity index (χ3v) is 2.79. The van der Waals surface area contributed by atoms with Crippen LogP contribution in [0.15, 0.2) is 10.6 Å². The van der Waals surface area contributed by atoms with Gasteiger partial charge in [-0.05, 0) is 25.8 Å². The zero-order chi connectivity index (χ0) is 10.4. The molecule has 2 aromatic rings. The molecule has 15 heavy (non-hydrogen) atoms. The van der Waals surface area contributed by atoms with Gasteiger partial charge in [-0.2, -0.15) is 0 Å². The van der Waals surface area contributed by atoms with Crippen LogP contribution in [-0.2, 0) is 0 Å². The van der Waals surface area contributed by atoms with Crippen molar-refractivity contribution >= 4 is 16.8 Å². The second-order valence-corrected chi connectivity index (χ2v) is 3.96. The molecule has 0 saturated heterocycles. The SMILES string of the molecule is Cc1noc2nc(C3CC3)cc(NN)c12. The summed E-state index contributed by atoms with van der Waals surface area (Å²) in [5.41, 5.74) is 5.96. The van der Waals surface area contributed by atoms with Gasteiger partial charge in [0.15, 0.2) is 0 Å². The van der Waals surface area contributed by atoms with Crippen molar-refractivity contribution in [2.24, 2.45) is 5.84 Å². The lowest BCUT2D eigenvalue weighted by Gasteiger charge is -2.03. The maximum absolute atomic E-state index is 5.49. The Morgan fingerprint density at radius 3 is 3.00 bits per heavy atom. The van der Waals surface area contributed by atoms with Crippen molar-refractivity contribution in [2.75, 3.05) is 5.43 Å². The van der Waals surface area contributed by atoms with E-state index in [4.69, 9.17) is 10.4 Å². The van der Waals surface area contributed by atoms with Gasteiger partial charge in [-0.3, -0.25) is 5.84 Å². The first-order chi connectivity index (χ1) is 7.29. The van der Waals surface area contributed by atoms with Crippen LogP contribution in [-0.4, -0.2) is 10.1 Å². The minimum absolute atomic E-state index is 0.574. The summed E-state index contributed by atoms with van der Waals surface area (Å²) >= 11 is 0. The number of hydrogen-bond acceptors (Lipinski definition) is 5. The number of nitrogens with two attached hydrogens (primary N) is 1. The lowest BCUT2D eigenvalue weighted by Crippen LogP contribution is -2.08. The maximum Gasteiger partial charge on any atom is 0.260 e. The molecule has 0 amide bonds. The molecule has 0 aromatic carbocycles. The highest BCUT2D eigenvalue weighted by Gasteiger charge is 2.27. The number of hydrazine groups is 1. The van der Waals surface area contributed by atoms with Crippen LogP contribution in [0.4, 0.5) is 5.69 Å². The van der Waals surface area contributed by atoms with E-state index >= 15 is 0 Å². The fourth-order valence-electron chi connectivity index (χ4n) is 1.82. The first kappa shape index (κ1) is 8.67. The highest BCUT2D eigenvalue weighted by Crippen LogP contribution is 2.41. The Balaban J connectivity index is 2.27. The summed E-state index contributed by atoms with van der Waals surface area (Å²) in [6.07, 6.45) is 2.41. The third kappa shape index (κ3) is 1.27. The first-order valence-corrected chi connectivity index (χ1v) is 5.03. The summed E-state index contributed by atoms with van der Waals surface area (Å²) in [5, 5.41) is 4.77. The van der Waals surface area contributed by atoms with Gasteiger partial charge in [-0.1, -0.05) is 5.16 Å². The van der Waals surface area contributed by atoms with E-state index in [0.29, 0.717) is 11.6 Å². The van der Waals surface area contributed by atoms with E-state index in [9.17, 15) is 0 Å². The largest absolute Gasteiger partial charge is 0.335 e. The molecule has 2 heterocycles. The molecule has 1 fully saturated rings. The highest BCUT2D eigenvalue weighted by molar-refractivity contribution is 5.90. The average Bonchev–Trinajstić information content (AvgIpc) is 3.03. The molecule has 0 unspecified atom stereocenters. The maximum atomic E-state index is 5.49. The van der Waals surface area contributed by atoms with Crippen LogP contribution < -0.4 is 11.3 Å². The number of nitrogens with one attached hydrogen (secondary N) is 1. The van der Waals surface area contributed by atoms with Crippen LogP contribution in [0, 0.1) is 6.92 Å². The van der Waals surface area contributed by atoms with Gasteiger partial charge in [-0.25, -0.2) is 4.98 Å². The van der Waals surface area contributed by atoms with Gasteiger partial charge in [0.1, 0.15) is 0 Å². The molecule has 0 aliphatic heterocycles. The Labute approximate surface area is 86.6 Å². The smallest absolute Gasteiger partial charge is 0.260 e. The summed E-state index contributed by atoms with van der Waals surface area (Å²) in [4.78, 5) is 4.44. The van der Waals surface area contributed by atoms with E-state index in [1.165, 1.54) is 12.8 Å². The number of anilines is 1. The fourth-order valence-corrected chi connectivity index (χ4v) is 1.82. The molecule has 3 rings (SSSR count). The van der Waals surface area contributed by atoms with E-state index in [-0.39, 0.29) is 0 Å². The molecule has 0 atom stereocenters. The molecule has 5 heteroatoms. The van der Waals surface area contributed by atoms with Crippen molar-refractivity contribution in [1.82, 2.24) is 10.1 Å². The minimum atomic E-state index is 0.574. The molecule has 2 aromatic heterocycles. The lowest BCUT2D eigenvalue weighted by atomic mass is 10.2. The van der Waals surface area contributed by atoms with Crippen LogP contribution in [0.2, 0.25) is 0 Å². The number of rotatable bonds is 2. The van der Waals surface area contributed by atoms with Crippen LogP contribution in [0.3, 0.4) is 0 Å². The molecule has 0 spiro atoms. The number of aryl methyl sites for hydroxylation is 1. The standard InChI is InChI=1S/C10H12N4O/c1-5-9-8(13-11)4-7(6-2-3-6)12-10(9)15-14-5/h4,6H,2-3,11H2,1H3,(H,12,13). The third-order valence-electron chi connectivity index (χ3n) is 2.79. The predicted octanol–water partition coefficient (Wildman–Crippen LogP) is 1.69. The number of aromatic nitrogens is 2. The second-order valence-electron chi connectivity index (χ2n) is 3.96. The molecule has 1 aliphatic carbocycles. The summed E-state index contributed by atoms with van der Waals surface area (Å²) in [7, 11) is 0. The fraction of sp³-hybridized carbons (Fsp3) is 0.400. The highest BCUT2D eigenvalue weighted by atomic mass is 16.5. The molecular formula is C10H12N4O. The van der Waals surface area contributed by atoms with E-state index < -0.39 is 0 Å². The van der Waals surface area contributed by atoms with E-state index in [1.807, 2.05) is 13.0 Å². The van der Waals surface area contributed by atoms with Crippen LogP contribution in [0.25, 0.3) is 11.1 Å². The molecule has 78 valence electrons. The van der Waals surface area contributed by atoms with Crippen molar-refractivity contribution in [3.63, 3.8) is 0 Å².